The third-order valence-electron chi connectivity index (χ3n) is 6.46. The summed E-state index contributed by atoms with van der Waals surface area (Å²) in [6.07, 6.45) is 5.89. The summed E-state index contributed by atoms with van der Waals surface area (Å²) in [7, 11) is 1.80. The minimum Gasteiger partial charge on any atom is -0.491 e. The van der Waals surface area contributed by atoms with E-state index in [9.17, 15) is 9.59 Å². The normalized spacial score (nSPS) is 14.0. The lowest BCUT2D eigenvalue weighted by Gasteiger charge is -2.19. The Hall–Kier alpha value is -3.37. The second-order valence-electron chi connectivity index (χ2n) is 9.98. The van der Waals surface area contributed by atoms with Crippen LogP contribution in [0.25, 0.3) is 11.0 Å². The van der Waals surface area contributed by atoms with E-state index >= 15 is 0 Å². The van der Waals surface area contributed by atoms with Crippen molar-refractivity contribution >= 4 is 41.1 Å². The third-order valence-corrected chi connectivity index (χ3v) is 6.46. The minimum atomic E-state index is -0.660. The molecular formula is C28H39ClN6O4. The molecule has 1 saturated heterocycles. The molecule has 4 rings (SSSR count). The van der Waals surface area contributed by atoms with Crippen molar-refractivity contribution in [3.8, 4) is 11.6 Å². The SMILES string of the molecule is Cc1nn(C)c2nc(OCCCN3CCCCCC3)c(C(=O)NC(=O)Nc3cccc(OC(C)C)c3)cc12.Cl. The number of imide groups is 1. The Kier molecular flexibility index (Phi) is 10.9. The fourth-order valence-corrected chi connectivity index (χ4v) is 4.67. The van der Waals surface area contributed by atoms with Crippen molar-refractivity contribution in [2.75, 3.05) is 31.6 Å². The minimum absolute atomic E-state index is 0. The Labute approximate surface area is 235 Å². The van der Waals surface area contributed by atoms with Gasteiger partial charge < -0.3 is 19.7 Å². The predicted octanol–water partition coefficient (Wildman–Crippen LogP) is 5.09. The monoisotopic (exact) mass is 558 g/mol. The van der Waals surface area contributed by atoms with Gasteiger partial charge in [-0.3, -0.25) is 14.8 Å². The maximum atomic E-state index is 13.2. The van der Waals surface area contributed by atoms with Gasteiger partial charge in [0, 0.05) is 30.7 Å². The van der Waals surface area contributed by atoms with Crippen molar-refractivity contribution < 1.29 is 19.1 Å². The molecular weight excluding hydrogens is 520 g/mol. The number of nitrogens with zero attached hydrogens (tertiary/aromatic N) is 4. The number of ether oxygens (including phenoxy) is 2. The number of rotatable bonds is 9. The first-order valence-electron chi connectivity index (χ1n) is 13.4. The van der Waals surface area contributed by atoms with E-state index in [0.29, 0.717) is 23.7 Å². The Morgan fingerprint density at radius 2 is 1.85 bits per heavy atom. The molecule has 10 nitrogen and oxygen atoms in total. The number of aromatic nitrogens is 3. The van der Waals surface area contributed by atoms with Crippen LogP contribution in [0.4, 0.5) is 10.5 Å². The van der Waals surface area contributed by atoms with Crippen molar-refractivity contribution in [2.24, 2.45) is 7.05 Å². The number of likely N-dealkylation sites (tertiary alicyclic amines) is 1. The number of hydrogen-bond donors (Lipinski definition) is 2. The van der Waals surface area contributed by atoms with Crippen molar-refractivity contribution in [1.82, 2.24) is 25.0 Å². The first kappa shape index (κ1) is 30.2. The van der Waals surface area contributed by atoms with Gasteiger partial charge in [0.1, 0.15) is 11.3 Å². The Bertz CT molecular complexity index is 1270. The van der Waals surface area contributed by atoms with Crippen LogP contribution in [0.5, 0.6) is 11.6 Å². The molecule has 0 radical (unpaired) electrons. The summed E-state index contributed by atoms with van der Waals surface area (Å²) in [5, 5.41) is 10.2. The van der Waals surface area contributed by atoms with Gasteiger partial charge in [0.2, 0.25) is 5.88 Å². The highest BCUT2D eigenvalue weighted by Crippen LogP contribution is 2.25. The molecule has 0 saturated carbocycles. The van der Waals surface area contributed by atoms with E-state index in [1.165, 1.54) is 25.7 Å². The average Bonchev–Trinajstić information content (AvgIpc) is 3.02. The van der Waals surface area contributed by atoms with Gasteiger partial charge in [0.05, 0.1) is 18.4 Å². The molecule has 0 spiro atoms. The van der Waals surface area contributed by atoms with E-state index in [4.69, 9.17) is 9.47 Å². The number of pyridine rings is 1. The third kappa shape index (κ3) is 8.31. The zero-order valence-electron chi connectivity index (χ0n) is 23.2. The number of fused-ring (bicyclic) bond motifs is 1. The van der Waals surface area contributed by atoms with Gasteiger partial charge in [0.25, 0.3) is 5.91 Å². The Morgan fingerprint density at radius 3 is 2.56 bits per heavy atom. The standard InChI is InChI=1S/C28H38N6O4.ClH/c1-19(2)38-22-12-9-11-21(17-22)29-28(36)31-26(35)24-18-23-20(3)32-33(4)25(23)30-27(24)37-16-10-15-34-13-7-5-6-8-14-34;/h9,11-12,17-19H,5-8,10,13-16H2,1-4H3,(H2,29,31,35,36);1H. The highest BCUT2D eigenvalue weighted by atomic mass is 35.5. The maximum absolute atomic E-state index is 13.2. The molecule has 1 aliphatic rings. The smallest absolute Gasteiger partial charge is 0.326 e. The number of anilines is 1. The number of carbonyl (C=O) groups is 2. The summed E-state index contributed by atoms with van der Waals surface area (Å²) in [5.74, 6) is 0.216. The largest absolute Gasteiger partial charge is 0.491 e. The van der Waals surface area contributed by atoms with Gasteiger partial charge in [-0.05, 0) is 71.3 Å². The fraction of sp³-hybridized carbons (Fsp3) is 0.500. The van der Waals surface area contributed by atoms with Crippen LogP contribution in [0.1, 0.15) is 62.0 Å². The molecule has 2 N–H and O–H groups in total. The van der Waals surface area contributed by atoms with Gasteiger partial charge in [0.15, 0.2) is 5.65 Å². The number of aryl methyl sites for hydroxylation is 2. The second kappa shape index (κ2) is 14.1. The molecule has 212 valence electrons. The highest BCUT2D eigenvalue weighted by molar-refractivity contribution is 6.10. The highest BCUT2D eigenvalue weighted by Gasteiger charge is 2.21. The fourth-order valence-electron chi connectivity index (χ4n) is 4.67. The van der Waals surface area contributed by atoms with Gasteiger partial charge >= 0.3 is 6.03 Å². The lowest BCUT2D eigenvalue weighted by Crippen LogP contribution is -2.34. The molecule has 1 fully saturated rings. The summed E-state index contributed by atoms with van der Waals surface area (Å²) in [5.41, 5.74) is 2.06. The van der Waals surface area contributed by atoms with E-state index in [2.05, 4.69) is 25.6 Å². The lowest BCUT2D eigenvalue weighted by atomic mass is 10.2. The molecule has 2 aromatic heterocycles. The number of urea groups is 1. The quantitative estimate of drug-likeness (QED) is 0.352. The molecule has 0 unspecified atom stereocenters. The van der Waals surface area contributed by atoms with Crippen molar-refractivity contribution in [1.29, 1.82) is 0 Å². The zero-order valence-corrected chi connectivity index (χ0v) is 24.0. The van der Waals surface area contributed by atoms with Crippen LogP contribution in [-0.2, 0) is 7.05 Å². The number of amides is 3. The Morgan fingerprint density at radius 1 is 1.10 bits per heavy atom. The first-order chi connectivity index (χ1) is 18.3. The number of benzene rings is 1. The molecule has 0 bridgehead atoms. The molecule has 1 aliphatic heterocycles. The van der Waals surface area contributed by atoms with E-state index in [1.54, 1.807) is 36.0 Å². The molecule has 11 heteroatoms. The van der Waals surface area contributed by atoms with Crippen LogP contribution in [-0.4, -0.2) is 63.9 Å². The zero-order chi connectivity index (χ0) is 27.1. The summed E-state index contributed by atoms with van der Waals surface area (Å²) in [4.78, 5) is 32.9. The van der Waals surface area contributed by atoms with Crippen molar-refractivity contribution in [2.45, 2.75) is 59.0 Å². The van der Waals surface area contributed by atoms with Crippen molar-refractivity contribution in [3.05, 3.63) is 41.6 Å². The molecule has 3 aromatic rings. The van der Waals surface area contributed by atoms with E-state index in [-0.39, 0.29) is 30.0 Å². The van der Waals surface area contributed by atoms with Crippen LogP contribution >= 0.6 is 12.4 Å². The molecule has 0 aliphatic carbocycles. The summed E-state index contributed by atoms with van der Waals surface area (Å²) in [6, 6.07) is 8.04. The first-order valence-corrected chi connectivity index (χ1v) is 13.4. The van der Waals surface area contributed by atoms with E-state index in [0.717, 1.165) is 37.1 Å². The molecule has 3 amide bonds. The van der Waals surface area contributed by atoms with Crippen LogP contribution < -0.4 is 20.1 Å². The van der Waals surface area contributed by atoms with Gasteiger partial charge in [-0.2, -0.15) is 10.1 Å². The molecule has 39 heavy (non-hydrogen) atoms. The summed E-state index contributed by atoms with van der Waals surface area (Å²) < 4.78 is 13.4. The van der Waals surface area contributed by atoms with Crippen molar-refractivity contribution in [3.63, 3.8) is 0 Å². The van der Waals surface area contributed by atoms with Gasteiger partial charge in [-0.25, -0.2) is 4.79 Å². The lowest BCUT2D eigenvalue weighted by molar-refractivity contribution is 0.0962. The van der Waals surface area contributed by atoms with Gasteiger partial charge in [-0.1, -0.05) is 18.9 Å². The molecule has 0 atom stereocenters. The van der Waals surface area contributed by atoms with Crippen LogP contribution in [0.2, 0.25) is 0 Å². The maximum Gasteiger partial charge on any atom is 0.326 e. The van der Waals surface area contributed by atoms with E-state index in [1.807, 2.05) is 26.8 Å². The number of hydrogen-bond acceptors (Lipinski definition) is 7. The van der Waals surface area contributed by atoms with Crippen LogP contribution in [0.15, 0.2) is 30.3 Å². The molecule has 1 aromatic carbocycles. The number of carbonyl (C=O) groups excluding carboxylic acids is 2. The molecule has 3 heterocycles. The second-order valence-corrected chi connectivity index (χ2v) is 9.98. The van der Waals surface area contributed by atoms with Crippen LogP contribution in [0, 0.1) is 6.92 Å². The average molecular weight is 559 g/mol. The summed E-state index contributed by atoms with van der Waals surface area (Å²) in [6.45, 7) is 9.30. The predicted molar refractivity (Wildman–Crippen MR) is 154 cm³/mol. The topological polar surface area (TPSA) is 111 Å². The van der Waals surface area contributed by atoms with Crippen LogP contribution in [0.3, 0.4) is 0 Å². The number of halogens is 1. The van der Waals surface area contributed by atoms with Gasteiger partial charge in [-0.15, -0.1) is 12.4 Å². The number of nitrogens with one attached hydrogen (secondary N) is 2. The van der Waals surface area contributed by atoms with E-state index < -0.39 is 11.9 Å². The Balaban J connectivity index is 0.00000420. The summed E-state index contributed by atoms with van der Waals surface area (Å²) >= 11 is 0.